The van der Waals surface area contributed by atoms with Gasteiger partial charge >= 0.3 is 12.7 Å². The zero-order valence-corrected chi connectivity index (χ0v) is 15.1. The van der Waals surface area contributed by atoms with Crippen LogP contribution in [0.1, 0.15) is 6.92 Å². The van der Waals surface area contributed by atoms with Crippen molar-refractivity contribution < 1.29 is 40.9 Å². The fraction of sp³-hybridized carbons (Fsp3) is 0.133. The van der Waals surface area contributed by atoms with Crippen LogP contribution in [0.15, 0.2) is 35.2 Å². The van der Waals surface area contributed by atoms with Crippen molar-refractivity contribution in [3.05, 3.63) is 59.4 Å². The van der Waals surface area contributed by atoms with E-state index in [1.165, 1.54) is 24.3 Å². The second-order valence-corrected chi connectivity index (χ2v) is 9.10. The molecule has 0 saturated heterocycles. The number of hydrogen-bond acceptors (Lipinski definition) is 4. The summed E-state index contributed by atoms with van der Waals surface area (Å²) >= 11 is -0.316. The number of aliphatic carboxylic acids is 1. The molecule has 0 spiro atoms. The van der Waals surface area contributed by atoms with Crippen LogP contribution in [0.2, 0.25) is 0 Å². The average Bonchev–Trinajstić information content (AvgIpc) is 2.62. The lowest BCUT2D eigenvalue weighted by molar-refractivity contribution is -0.138. The normalized spacial score (nSPS) is 14.4. The highest BCUT2D eigenvalue weighted by atomic mass is 32.7. The van der Waals surface area contributed by atoms with E-state index in [0.29, 0.717) is 0 Å². The molecule has 0 saturated carbocycles. The topological polar surface area (TPSA) is 75.6 Å². The molecule has 0 fully saturated rings. The van der Waals surface area contributed by atoms with Crippen LogP contribution in [0.3, 0.4) is 0 Å². The number of carbonyl (C=O) groups is 1. The SMILES string of the molecule is CC(NP(=O)(Oc1ccccc1)Sc1c(F)c(F)c(F)c(F)c1F)C(=O)O. The van der Waals surface area contributed by atoms with E-state index in [0.717, 1.165) is 6.92 Å². The zero-order valence-electron chi connectivity index (χ0n) is 13.4. The number of rotatable bonds is 7. The first-order valence-electron chi connectivity index (χ1n) is 7.12. The summed E-state index contributed by atoms with van der Waals surface area (Å²) in [4.78, 5) is 9.54. The van der Waals surface area contributed by atoms with Crippen molar-refractivity contribution in [2.75, 3.05) is 0 Å². The van der Waals surface area contributed by atoms with Crippen LogP contribution in [0.4, 0.5) is 22.0 Å². The van der Waals surface area contributed by atoms with E-state index < -0.39 is 52.7 Å². The highest BCUT2D eigenvalue weighted by Crippen LogP contribution is 2.60. The van der Waals surface area contributed by atoms with Crippen molar-refractivity contribution in [2.45, 2.75) is 17.9 Å². The summed E-state index contributed by atoms with van der Waals surface area (Å²) in [5.41, 5.74) is 0. The molecule has 0 amide bonds. The van der Waals surface area contributed by atoms with Crippen LogP contribution in [0.25, 0.3) is 0 Å². The maximum atomic E-state index is 13.9. The number of carboxylic acid groups (broad SMARTS) is 1. The minimum absolute atomic E-state index is 0.0812. The Kier molecular flexibility index (Phi) is 6.50. The molecule has 27 heavy (non-hydrogen) atoms. The van der Waals surface area contributed by atoms with Gasteiger partial charge in [-0.1, -0.05) is 18.2 Å². The third kappa shape index (κ3) is 4.79. The summed E-state index contributed by atoms with van der Waals surface area (Å²) < 4.78 is 85.8. The molecule has 2 unspecified atom stereocenters. The van der Waals surface area contributed by atoms with Crippen molar-refractivity contribution in [1.29, 1.82) is 0 Å². The van der Waals surface area contributed by atoms with Gasteiger partial charge in [0.15, 0.2) is 23.3 Å². The van der Waals surface area contributed by atoms with Gasteiger partial charge < -0.3 is 9.63 Å². The Labute approximate surface area is 153 Å². The van der Waals surface area contributed by atoms with Gasteiger partial charge in [0.1, 0.15) is 11.8 Å². The van der Waals surface area contributed by atoms with E-state index in [4.69, 9.17) is 9.63 Å². The summed E-state index contributed by atoms with van der Waals surface area (Å²) in [5, 5.41) is 11.0. The predicted molar refractivity (Wildman–Crippen MR) is 87.0 cm³/mol. The minimum Gasteiger partial charge on any atom is -0.480 e. The first-order chi connectivity index (χ1) is 12.6. The van der Waals surface area contributed by atoms with Gasteiger partial charge in [0.05, 0.1) is 4.90 Å². The molecule has 0 aliphatic heterocycles. The lowest BCUT2D eigenvalue weighted by atomic mass is 10.3. The summed E-state index contributed by atoms with van der Waals surface area (Å²) in [6.45, 7) is -3.47. The molecule has 0 aliphatic rings. The largest absolute Gasteiger partial charge is 0.480 e. The Morgan fingerprint density at radius 1 is 1.04 bits per heavy atom. The number of para-hydroxylation sites is 1. The average molecular weight is 427 g/mol. The fourth-order valence-corrected chi connectivity index (χ4v) is 5.68. The molecule has 2 aromatic rings. The summed E-state index contributed by atoms with van der Waals surface area (Å²) in [6.07, 6.45) is 0. The van der Waals surface area contributed by atoms with Crippen LogP contribution >= 0.6 is 18.1 Å². The molecule has 2 rings (SSSR count). The fourth-order valence-electron chi connectivity index (χ4n) is 1.77. The molecule has 0 heterocycles. The first kappa shape index (κ1) is 21.2. The Bertz CT molecular complexity index is 886. The Hall–Kier alpha value is -2.10. The van der Waals surface area contributed by atoms with Gasteiger partial charge in [-0.3, -0.25) is 4.79 Å². The van der Waals surface area contributed by atoms with E-state index in [2.05, 4.69) is 0 Å². The summed E-state index contributed by atoms with van der Waals surface area (Å²) in [7, 11) is 0. The molecule has 2 N–H and O–H groups in total. The lowest BCUT2D eigenvalue weighted by Crippen LogP contribution is -2.31. The number of hydrogen-bond donors (Lipinski definition) is 2. The smallest absolute Gasteiger partial charge is 0.379 e. The van der Waals surface area contributed by atoms with Crippen LogP contribution in [0.5, 0.6) is 5.75 Å². The van der Waals surface area contributed by atoms with Gasteiger partial charge in [-0.25, -0.2) is 31.6 Å². The maximum Gasteiger partial charge on any atom is 0.379 e. The number of nitrogens with one attached hydrogen (secondary N) is 1. The van der Waals surface area contributed by atoms with Crippen molar-refractivity contribution >= 4 is 24.1 Å². The molecule has 5 nitrogen and oxygen atoms in total. The van der Waals surface area contributed by atoms with E-state index in [1.807, 2.05) is 5.09 Å². The van der Waals surface area contributed by atoms with Gasteiger partial charge in [0, 0.05) is 11.4 Å². The summed E-state index contributed by atoms with van der Waals surface area (Å²) in [5.74, 6) is -12.8. The van der Waals surface area contributed by atoms with Crippen molar-refractivity contribution in [2.24, 2.45) is 0 Å². The first-order valence-corrected chi connectivity index (χ1v) is 10.2. The lowest BCUT2D eigenvalue weighted by Gasteiger charge is -2.22. The van der Waals surface area contributed by atoms with Crippen molar-refractivity contribution in [3.8, 4) is 5.75 Å². The van der Waals surface area contributed by atoms with Crippen LogP contribution in [-0.2, 0) is 9.36 Å². The highest BCUT2D eigenvalue weighted by Gasteiger charge is 2.36. The Morgan fingerprint density at radius 2 is 1.52 bits per heavy atom. The molecule has 0 bridgehead atoms. The molecule has 0 radical (unpaired) electrons. The van der Waals surface area contributed by atoms with Crippen LogP contribution in [-0.4, -0.2) is 17.1 Å². The standard InChI is InChI=1S/C15H11F5NO4PS/c1-7(15(22)23)21-26(24,25-8-5-3-2-4-6-8)27-14-12(19)10(17)9(16)11(18)13(14)20/h2-7H,1H3,(H,21,24)(H,22,23). The van der Waals surface area contributed by atoms with Gasteiger partial charge in [-0.2, -0.15) is 0 Å². The van der Waals surface area contributed by atoms with Gasteiger partial charge in [-0.05, 0) is 19.1 Å². The Morgan fingerprint density at radius 3 is 2.00 bits per heavy atom. The number of benzene rings is 2. The van der Waals surface area contributed by atoms with E-state index in [1.54, 1.807) is 6.07 Å². The van der Waals surface area contributed by atoms with E-state index in [9.17, 15) is 31.3 Å². The van der Waals surface area contributed by atoms with Crippen molar-refractivity contribution in [3.63, 3.8) is 0 Å². The quantitative estimate of drug-likeness (QED) is 0.288. The monoisotopic (exact) mass is 427 g/mol. The van der Waals surface area contributed by atoms with Crippen LogP contribution in [0, 0.1) is 29.1 Å². The van der Waals surface area contributed by atoms with Gasteiger partial charge in [0.25, 0.3) is 0 Å². The maximum absolute atomic E-state index is 13.9. The second kappa shape index (κ2) is 8.28. The molecular weight excluding hydrogens is 416 g/mol. The molecular formula is C15H11F5NO4PS. The minimum atomic E-state index is -4.53. The van der Waals surface area contributed by atoms with E-state index >= 15 is 0 Å². The number of halogens is 5. The van der Waals surface area contributed by atoms with Crippen molar-refractivity contribution in [1.82, 2.24) is 5.09 Å². The third-order valence-electron chi connectivity index (χ3n) is 3.07. The molecule has 146 valence electrons. The summed E-state index contributed by atoms with van der Waals surface area (Å²) in [6, 6.07) is 5.58. The zero-order chi connectivity index (χ0) is 20.4. The Balaban J connectivity index is 2.49. The van der Waals surface area contributed by atoms with Crippen LogP contribution < -0.4 is 9.61 Å². The predicted octanol–water partition coefficient (Wildman–Crippen LogP) is 4.72. The van der Waals surface area contributed by atoms with Gasteiger partial charge in [-0.15, -0.1) is 0 Å². The molecule has 0 aromatic heterocycles. The molecule has 2 aromatic carbocycles. The second-order valence-electron chi connectivity index (χ2n) is 5.08. The highest BCUT2D eigenvalue weighted by molar-refractivity contribution is 8.56. The van der Waals surface area contributed by atoms with Gasteiger partial charge in [0.2, 0.25) is 5.82 Å². The number of carboxylic acids is 1. The van der Waals surface area contributed by atoms with E-state index in [-0.39, 0.29) is 17.1 Å². The molecule has 0 aliphatic carbocycles. The molecule has 12 heteroatoms. The molecule has 2 atom stereocenters. The third-order valence-corrected chi connectivity index (χ3v) is 6.82.